The van der Waals surface area contributed by atoms with E-state index in [9.17, 15) is 4.79 Å². The molecule has 2 heterocycles. The number of hydrogen-bond acceptors (Lipinski definition) is 2. The molecule has 1 aliphatic rings. The van der Waals surface area contributed by atoms with Gasteiger partial charge in [0.05, 0.1) is 8.66 Å². The van der Waals surface area contributed by atoms with Crippen LogP contribution in [0.5, 0.6) is 0 Å². The molecule has 0 radical (unpaired) electrons. The number of carbonyl (C=O) groups is 1. The Morgan fingerprint density at radius 3 is 2.75 bits per heavy atom. The summed E-state index contributed by atoms with van der Waals surface area (Å²) in [4.78, 5) is 14.8. The number of hydrogen-bond donors (Lipinski definition) is 0. The van der Waals surface area contributed by atoms with Gasteiger partial charge in [-0.25, -0.2) is 0 Å². The molecule has 0 aliphatic carbocycles. The van der Waals surface area contributed by atoms with Crippen LogP contribution >= 0.6 is 43.2 Å². The summed E-state index contributed by atoms with van der Waals surface area (Å²) in [5, 5.41) is 0. The standard InChI is InChI=1S/C11H11Br2NOS/c1-7-2-4-14(5-3-7)11(15)9-6-8(12)10(13)16-9/h2,6H,3-5H2,1H3. The highest BCUT2D eigenvalue weighted by Crippen LogP contribution is 2.33. The van der Waals surface area contributed by atoms with E-state index in [1.54, 1.807) is 0 Å². The normalized spacial score (nSPS) is 16.2. The first-order valence-corrected chi connectivity index (χ1v) is 7.38. The first-order valence-electron chi connectivity index (χ1n) is 4.97. The highest BCUT2D eigenvalue weighted by atomic mass is 79.9. The largest absolute Gasteiger partial charge is 0.334 e. The smallest absolute Gasteiger partial charge is 0.264 e. The minimum absolute atomic E-state index is 0.125. The summed E-state index contributed by atoms with van der Waals surface area (Å²) in [6.45, 7) is 3.67. The minimum atomic E-state index is 0.125. The van der Waals surface area contributed by atoms with Gasteiger partial charge < -0.3 is 4.90 Å². The van der Waals surface area contributed by atoms with Crippen LogP contribution in [0.3, 0.4) is 0 Å². The molecule has 1 aromatic rings. The maximum absolute atomic E-state index is 12.1. The minimum Gasteiger partial charge on any atom is -0.334 e. The van der Waals surface area contributed by atoms with E-state index in [-0.39, 0.29) is 5.91 Å². The van der Waals surface area contributed by atoms with E-state index >= 15 is 0 Å². The first kappa shape index (κ1) is 12.3. The van der Waals surface area contributed by atoms with Crippen LogP contribution in [-0.4, -0.2) is 23.9 Å². The molecule has 5 heteroatoms. The average molecular weight is 365 g/mol. The van der Waals surface area contributed by atoms with Crippen molar-refractivity contribution in [2.75, 3.05) is 13.1 Å². The van der Waals surface area contributed by atoms with Crippen molar-refractivity contribution >= 4 is 49.1 Å². The van der Waals surface area contributed by atoms with Crippen LogP contribution in [-0.2, 0) is 0 Å². The predicted molar refractivity (Wildman–Crippen MR) is 74.0 cm³/mol. The lowest BCUT2D eigenvalue weighted by atomic mass is 10.1. The van der Waals surface area contributed by atoms with Crippen LogP contribution in [0.15, 0.2) is 26.0 Å². The molecule has 1 aliphatic heterocycles. The second kappa shape index (κ2) is 5.02. The molecule has 0 aromatic carbocycles. The van der Waals surface area contributed by atoms with Gasteiger partial charge in [-0.1, -0.05) is 11.6 Å². The summed E-state index contributed by atoms with van der Waals surface area (Å²) < 4.78 is 1.92. The fourth-order valence-electron chi connectivity index (χ4n) is 1.56. The summed E-state index contributed by atoms with van der Waals surface area (Å²) in [5.74, 6) is 0.125. The summed E-state index contributed by atoms with van der Waals surface area (Å²) in [6.07, 6.45) is 3.11. The Hall–Kier alpha value is -0.130. The van der Waals surface area contributed by atoms with Gasteiger partial charge in [-0.3, -0.25) is 4.79 Å². The Labute approximate surface area is 116 Å². The quantitative estimate of drug-likeness (QED) is 0.688. The summed E-state index contributed by atoms with van der Waals surface area (Å²) in [6, 6.07) is 1.88. The average Bonchev–Trinajstić information content (AvgIpc) is 2.59. The van der Waals surface area contributed by atoms with Crippen molar-refractivity contribution in [3.05, 3.63) is 30.9 Å². The monoisotopic (exact) mass is 363 g/mol. The van der Waals surface area contributed by atoms with Crippen molar-refractivity contribution in [3.63, 3.8) is 0 Å². The van der Waals surface area contributed by atoms with Crippen LogP contribution < -0.4 is 0 Å². The molecule has 0 saturated heterocycles. The van der Waals surface area contributed by atoms with Gasteiger partial charge in [0.25, 0.3) is 5.91 Å². The molecule has 0 bridgehead atoms. The fraction of sp³-hybridized carbons (Fsp3) is 0.364. The zero-order chi connectivity index (χ0) is 11.7. The van der Waals surface area contributed by atoms with E-state index in [1.807, 2.05) is 11.0 Å². The van der Waals surface area contributed by atoms with Gasteiger partial charge in [-0.05, 0) is 51.3 Å². The highest BCUT2D eigenvalue weighted by molar-refractivity contribution is 9.13. The molecule has 0 spiro atoms. The predicted octanol–water partition coefficient (Wildman–Crippen LogP) is 4.07. The van der Waals surface area contributed by atoms with Gasteiger partial charge in [-0.2, -0.15) is 0 Å². The lowest BCUT2D eigenvalue weighted by Crippen LogP contribution is -2.34. The van der Waals surface area contributed by atoms with Gasteiger partial charge in [0.1, 0.15) is 0 Å². The van der Waals surface area contributed by atoms with Crippen LogP contribution in [0.2, 0.25) is 0 Å². The zero-order valence-corrected chi connectivity index (χ0v) is 12.8. The molecule has 2 nitrogen and oxygen atoms in total. The molecular formula is C11H11Br2NOS. The lowest BCUT2D eigenvalue weighted by molar-refractivity contribution is 0.0774. The highest BCUT2D eigenvalue weighted by Gasteiger charge is 2.20. The summed E-state index contributed by atoms with van der Waals surface area (Å²) in [5.41, 5.74) is 1.37. The molecule has 2 rings (SSSR count). The fourth-order valence-corrected chi connectivity index (χ4v) is 3.57. The van der Waals surface area contributed by atoms with Crippen molar-refractivity contribution in [2.45, 2.75) is 13.3 Å². The second-order valence-electron chi connectivity index (χ2n) is 3.78. The molecule has 0 unspecified atom stereocenters. The van der Waals surface area contributed by atoms with E-state index in [1.165, 1.54) is 16.9 Å². The molecule has 16 heavy (non-hydrogen) atoms. The van der Waals surface area contributed by atoms with Crippen molar-refractivity contribution < 1.29 is 4.79 Å². The first-order chi connectivity index (χ1) is 7.58. The number of carbonyl (C=O) groups excluding carboxylic acids is 1. The Balaban J connectivity index is 2.14. The van der Waals surface area contributed by atoms with Crippen molar-refractivity contribution in [1.29, 1.82) is 0 Å². The molecule has 0 atom stereocenters. The second-order valence-corrected chi connectivity index (χ2v) is 7.01. The summed E-state index contributed by atoms with van der Waals surface area (Å²) >= 11 is 8.28. The van der Waals surface area contributed by atoms with E-state index in [0.717, 1.165) is 32.6 Å². The molecular weight excluding hydrogens is 354 g/mol. The zero-order valence-electron chi connectivity index (χ0n) is 8.80. The van der Waals surface area contributed by atoms with Crippen LogP contribution in [0.1, 0.15) is 23.0 Å². The third kappa shape index (κ3) is 2.57. The molecule has 1 amide bonds. The van der Waals surface area contributed by atoms with Gasteiger partial charge >= 0.3 is 0 Å². The van der Waals surface area contributed by atoms with Gasteiger partial charge in [-0.15, -0.1) is 11.3 Å². The number of rotatable bonds is 1. The Morgan fingerprint density at radius 1 is 1.50 bits per heavy atom. The number of halogens is 2. The van der Waals surface area contributed by atoms with E-state index in [0.29, 0.717) is 0 Å². The van der Waals surface area contributed by atoms with Crippen molar-refractivity contribution in [3.8, 4) is 0 Å². The molecule has 1 aromatic heterocycles. The number of thiophene rings is 1. The van der Waals surface area contributed by atoms with Crippen molar-refractivity contribution in [2.24, 2.45) is 0 Å². The number of nitrogens with zero attached hydrogens (tertiary/aromatic N) is 1. The molecule has 0 fully saturated rings. The molecule has 0 saturated carbocycles. The van der Waals surface area contributed by atoms with Crippen LogP contribution in [0, 0.1) is 0 Å². The molecule has 86 valence electrons. The van der Waals surface area contributed by atoms with E-state index in [2.05, 4.69) is 44.9 Å². The Morgan fingerprint density at radius 2 is 2.25 bits per heavy atom. The van der Waals surface area contributed by atoms with Crippen LogP contribution in [0.4, 0.5) is 0 Å². The number of amides is 1. The topological polar surface area (TPSA) is 20.3 Å². The van der Waals surface area contributed by atoms with Gasteiger partial charge in [0.2, 0.25) is 0 Å². The van der Waals surface area contributed by atoms with E-state index in [4.69, 9.17) is 0 Å². The Kier molecular flexibility index (Phi) is 3.87. The third-order valence-electron chi connectivity index (χ3n) is 2.58. The van der Waals surface area contributed by atoms with Gasteiger partial charge in [0, 0.05) is 17.6 Å². The lowest BCUT2D eigenvalue weighted by Gasteiger charge is -2.24. The maximum Gasteiger partial charge on any atom is 0.264 e. The maximum atomic E-state index is 12.1. The van der Waals surface area contributed by atoms with Crippen molar-refractivity contribution in [1.82, 2.24) is 4.90 Å². The van der Waals surface area contributed by atoms with Gasteiger partial charge in [0.15, 0.2) is 0 Å². The Bertz CT molecular complexity index is 433. The van der Waals surface area contributed by atoms with E-state index < -0.39 is 0 Å². The SMILES string of the molecule is CC1=CCN(C(=O)c2cc(Br)c(Br)s2)CC1. The molecule has 0 N–H and O–H groups in total. The summed E-state index contributed by atoms with van der Waals surface area (Å²) in [7, 11) is 0. The third-order valence-corrected chi connectivity index (χ3v) is 5.82. The van der Waals surface area contributed by atoms with Crippen LogP contribution in [0.25, 0.3) is 0 Å².